The Labute approximate surface area is 421 Å². The van der Waals surface area contributed by atoms with Gasteiger partial charge in [0.2, 0.25) is 6.79 Å². The third-order valence-corrected chi connectivity index (χ3v) is 16.8. The lowest BCUT2D eigenvalue weighted by Crippen LogP contribution is -2.32. The minimum atomic E-state index is -0.944. The van der Waals surface area contributed by atoms with Crippen LogP contribution in [0, 0.1) is 53.9 Å². The molecule has 0 atom stereocenters. The van der Waals surface area contributed by atoms with E-state index in [4.69, 9.17) is 44.5 Å². The van der Waals surface area contributed by atoms with Crippen LogP contribution in [0.25, 0.3) is 4.85 Å². The highest BCUT2D eigenvalue weighted by Crippen LogP contribution is 2.59. The zero-order valence-electron chi connectivity index (χ0n) is 39.8. The Morgan fingerprint density at radius 3 is 1.35 bits per heavy atom. The molecule has 382 valence electrons. The van der Waals surface area contributed by atoms with Crippen molar-refractivity contribution in [1.29, 1.82) is 0 Å². The van der Waals surface area contributed by atoms with Gasteiger partial charge in [-0.15, -0.1) is 0 Å². The molecule has 1 aliphatic heterocycles. The summed E-state index contributed by atoms with van der Waals surface area (Å²) in [6.45, 7) is 16.4. The first-order valence-corrected chi connectivity index (χ1v) is 25.8. The van der Waals surface area contributed by atoms with Crippen LogP contribution in [0.5, 0.6) is 11.5 Å². The van der Waals surface area contributed by atoms with Crippen LogP contribution >= 0.6 is 23.5 Å². The molecule has 4 fully saturated rings. The van der Waals surface area contributed by atoms with E-state index < -0.39 is 42.6 Å². The molecule has 0 bridgehead atoms. The van der Waals surface area contributed by atoms with Gasteiger partial charge < -0.3 is 37.9 Å². The number of carbonyl (C=O) groups excluding carboxylic acids is 8. The Bertz CT molecular complexity index is 2250. The average molecular weight is 1020 g/mol. The maximum Gasteiger partial charge on any atom is 0.338 e. The Kier molecular flexibility index (Phi) is 20.9. The van der Waals surface area contributed by atoms with Crippen LogP contribution in [0.15, 0.2) is 69.8 Å². The highest BCUT2D eigenvalue weighted by Gasteiger charge is 2.39. The highest BCUT2D eigenvalue weighted by atomic mass is 32.2. The minimum Gasteiger partial charge on any atom is -0.467 e. The predicted molar refractivity (Wildman–Crippen MR) is 256 cm³/mol. The fourth-order valence-electron chi connectivity index (χ4n) is 10.3. The lowest BCUT2D eigenvalue weighted by atomic mass is 9.68. The van der Waals surface area contributed by atoms with Crippen LogP contribution in [0.3, 0.4) is 0 Å². The highest BCUT2D eigenvalue weighted by molar-refractivity contribution is 8.24. The van der Waals surface area contributed by atoms with Gasteiger partial charge in [-0.3, -0.25) is 24.0 Å². The smallest absolute Gasteiger partial charge is 0.338 e. The third-order valence-electron chi connectivity index (χ3n) is 14.2. The van der Waals surface area contributed by atoms with Crippen molar-refractivity contribution in [2.24, 2.45) is 47.3 Å². The molecule has 19 heteroatoms. The molecular formula is C52H61NO16S2. The van der Waals surface area contributed by atoms with Gasteiger partial charge >= 0.3 is 41.8 Å². The van der Waals surface area contributed by atoms with Gasteiger partial charge in [0.25, 0.3) is 5.70 Å². The number of carbonyl (C=O) groups is 8. The van der Waals surface area contributed by atoms with Crippen molar-refractivity contribution in [3.63, 3.8) is 0 Å². The first-order valence-electron chi connectivity index (χ1n) is 24.2. The van der Waals surface area contributed by atoms with E-state index in [0.29, 0.717) is 72.0 Å². The maximum absolute atomic E-state index is 13.8. The van der Waals surface area contributed by atoms with Gasteiger partial charge in [0.15, 0.2) is 12.6 Å². The number of nitrogens with zero attached hydrogens (tertiary/aromatic N) is 1. The number of rotatable bonds is 21. The van der Waals surface area contributed by atoms with Gasteiger partial charge in [-0.25, -0.2) is 19.2 Å². The standard InChI is InChI=1S/C52H61NO16S2/c1-5-42(55)63-26-27-64-51(61)45(53-4)52-70-46-40(68-49(59)37-20-12-33(13-21-37)31-8-16-35(17-9-31)39(54)28-62-29-65-43(56)6-2)24-25-41(47(46)71-52)69-50(60)38-22-14-34(15-23-38)32-10-18-36(19-11-32)48(58)67-30-66-44(57)7-3/h5-7,24-25,31-38H,1-3,8-23,26-30H2/b52-45+. The molecule has 0 amide bonds. The van der Waals surface area contributed by atoms with E-state index in [1.807, 2.05) is 0 Å². The summed E-state index contributed by atoms with van der Waals surface area (Å²) in [6.07, 6.45) is 15.2. The summed E-state index contributed by atoms with van der Waals surface area (Å²) in [4.78, 5) is 104. The van der Waals surface area contributed by atoms with Crippen molar-refractivity contribution < 1.29 is 76.3 Å². The summed E-state index contributed by atoms with van der Waals surface area (Å²) in [6, 6.07) is 3.14. The van der Waals surface area contributed by atoms with Crippen LogP contribution in [0.1, 0.15) is 103 Å². The third kappa shape index (κ3) is 15.4. The Morgan fingerprint density at radius 2 is 0.915 bits per heavy atom. The van der Waals surface area contributed by atoms with Crippen molar-refractivity contribution in [1.82, 2.24) is 0 Å². The predicted octanol–water partition coefficient (Wildman–Crippen LogP) is 8.78. The number of benzene rings is 1. The summed E-state index contributed by atoms with van der Waals surface area (Å²) >= 11 is 2.09. The normalized spacial score (nSPS) is 25.6. The summed E-state index contributed by atoms with van der Waals surface area (Å²) < 4.78 is 42.5. The molecule has 0 N–H and O–H groups in total. The molecule has 4 aliphatic carbocycles. The van der Waals surface area contributed by atoms with Gasteiger partial charge in [-0.05, 0) is 139 Å². The number of Topliss-reactive ketones (excluding diaryl/α,β-unsaturated/α-hetero) is 1. The molecule has 1 aromatic carbocycles. The Balaban J connectivity index is 1.04. The van der Waals surface area contributed by atoms with Crippen LogP contribution in [-0.4, -0.2) is 81.0 Å². The van der Waals surface area contributed by atoms with Crippen LogP contribution in [0.2, 0.25) is 0 Å². The van der Waals surface area contributed by atoms with E-state index in [0.717, 1.165) is 106 Å². The van der Waals surface area contributed by atoms with Gasteiger partial charge in [0, 0.05) is 24.1 Å². The number of ether oxygens (including phenoxy) is 8. The van der Waals surface area contributed by atoms with E-state index in [2.05, 4.69) is 24.6 Å². The zero-order chi connectivity index (χ0) is 50.9. The van der Waals surface area contributed by atoms with Gasteiger partial charge in [0.05, 0.1) is 38.4 Å². The monoisotopic (exact) mass is 1020 g/mol. The van der Waals surface area contributed by atoms with E-state index in [-0.39, 0.29) is 83.5 Å². The van der Waals surface area contributed by atoms with E-state index >= 15 is 0 Å². The quantitative estimate of drug-likeness (QED) is 0.0214. The van der Waals surface area contributed by atoms with Gasteiger partial charge in [-0.1, -0.05) is 43.3 Å². The molecule has 1 heterocycles. The van der Waals surface area contributed by atoms with E-state index in [9.17, 15) is 38.4 Å². The number of thioether (sulfide) groups is 2. The fourth-order valence-corrected chi connectivity index (χ4v) is 12.8. The number of fused-ring (bicyclic) bond motifs is 1. The van der Waals surface area contributed by atoms with Gasteiger partial charge in [0.1, 0.15) is 31.3 Å². The molecule has 71 heavy (non-hydrogen) atoms. The van der Waals surface area contributed by atoms with Crippen LogP contribution in [-0.2, 0) is 66.8 Å². The summed E-state index contributed by atoms with van der Waals surface area (Å²) in [5.41, 5.74) is -0.337. The second-order valence-corrected chi connectivity index (χ2v) is 20.6. The Morgan fingerprint density at radius 1 is 0.521 bits per heavy atom. The molecule has 17 nitrogen and oxygen atoms in total. The van der Waals surface area contributed by atoms with Crippen molar-refractivity contribution >= 4 is 71.1 Å². The molecule has 0 unspecified atom stereocenters. The lowest BCUT2D eigenvalue weighted by Gasteiger charge is -2.37. The molecule has 6 rings (SSSR count). The van der Waals surface area contributed by atoms with Gasteiger partial charge in [-0.2, -0.15) is 0 Å². The summed E-state index contributed by atoms with van der Waals surface area (Å²) in [5, 5.41) is 0. The zero-order valence-corrected chi connectivity index (χ0v) is 41.4. The molecule has 5 aliphatic rings. The molecule has 0 radical (unpaired) electrons. The van der Waals surface area contributed by atoms with Crippen molar-refractivity contribution in [2.45, 2.75) is 113 Å². The second kappa shape index (κ2) is 27.2. The van der Waals surface area contributed by atoms with Crippen LogP contribution in [0.4, 0.5) is 0 Å². The molecule has 0 spiro atoms. The lowest BCUT2D eigenvalue weighted by molar-refractivity contribution is -0.168. The minimum absolute atomic E-state index is 0.00264. The Hall–Kier alpha value is -5.71. The number of esters is 7. The summed E-state index contributed by atoms with van der Waals surface area (Å²) in [5.74, 6) is -3.10. The second-order valence-electron chi connectivity index (χ2n) is 18.3. The average Bonchev–Trinajstić information content (AvgIpc) is 3.85. The van der Waals surface area contributed by atoms with Crippen molar-refractivity contribution in [3.05, 3.63) is 71.4 Å². The first kappa shape index (κ1) is 54.6. The number of hydrogen-bond donors (Lipinski definition) is 0. The topological polar surface area (TPSA) is 215 Å². The number of ketones is 1. The molecular weight excluding hydrogens is 959 g/mol. The van der Waals surface area contributed by atoms with E-state index in [1.165, 1.54) is 0 Å². The summed E-state index contributed by atoms with van der Waals surface area (Å²) in [7, 11) is 0. The van der Waals surface area contributed by atoms with Crippen molar-refractivity contribution in [2.75, 3.05) is 33.4 Å². The molecule has 0 saturated heterocycles. The fraction of sp³-hybridized carbons (Fsp3) is 0.558. The number of hydrogen-bond acceptors (Lipinski definition) is 18. The largest absolute Gasteiger partial charge is 0.467 e. The SMILES string of the molecule is [C-]#[N+]/C(C(=O)OCCOC(=O)C=C)=C1\Sc2c(OC(=O)C3CCC(C4CCC(C(=O)COCOC(=O)C=C)CC4)CC3)ccc(OC(=O)C3CCC(C4CCC(C(=O)OCOC(=O)C=C)CC4)CC3)c2S1. The molecule has 4 saturated carbocycles. The van der Waals surface area contributed by atoms with Crippen molar-refractivity contribution in [3.8, 4) is 11.5 Å². The first-order chi connectivity index (χ1) is 34.3. The molecule has 1 aromatic rings. The van der Waals surface area contributed by atoms with E-state index in [1.54, 1.807) is 12.1 Å². The maximum atomic E-state index is 13.8. The van der Waals surface area contributed by atoms with Crippen LogP contribution < -0.4 is 9.47 Å². The molecule has 0 aromatic heterocycles.